The van der Waals surface area contributed by atoms with Crippen LogP contribution in [0.4, 0.5) is 11.5 Å². The molecule has 0 unspecified atom stereocenters. The van der Waals surface area contributed by atoms with Gasteiger partial charge >= 0.3 is 0 Å². The number of hydrazine groups is 1. The monoisotopic (exact) mass is 335 g/mol. The lowest BCUT2D eigenvalue weighted by atomic mass is 10.2. The topological polar surface area (TPSA) is 90.6 Å². The molecule has 0 bridgehead atoms. The Bertz CT molecular complexity index is 857. The number of nitrogens with zero attached hydrogens (tertiary/aromatic N) is 3. The lowest BCUT2D eigenvalue weighted by Crippen LogP contribution is -2.27. The third-order valence-electron chi connectivity index (χ3n) is 3.47. The van der Waals surface area contributed by atoms with Gasteiger partial charge in [0.05, 0.1) is 24.0 Å². The fraction of sp³-hybridized carbons (Fsp3) is 0.214. The fourth-order valence-electron chi connectivity index (χ4n) is 2.19. The highest BCUT2D eigenvalue weighted by Gasteiger charge is 2.22. The van der Waals surface area contributed by atoms with Gasteiger partial charge in [-0.15, -0.1) is 0 Å². The van der Waals surface area contributed by atoms with Gasteiger partial charge in [-0.3, -0.25) is 10.4 Å². The molecule has 0 aliphatic carbocycles. The molecule has 1 aromatic heterocycles. The second-order valence-electron chi connectivity index (χ2n) is 5.08. The Morgan fingerprint density at radius 3 is 2.78 bits per heavy atom. The second kappa shape index (κ2) is 5.60. The van der Waals surface area contributed by atoms with E-state index in [-0.39, 0.29) is 4.90 Å². The number of benzene rings is 1. The van der Waals surface area contributed by atoms with E-state index in [0.717, 1.165) is 10.00 Å². The van der Waals surface area contributed by atoms with E-state index >= 15 is 0 Å². The number of aromatic nitrogens is 2. The van der Waals surface area contributed by atoms with Crippen molar-refractivity contribution < 1.29 is 13.2 Å². The summed E-state index contributed by atoms with van der Waals surface area (Å²) >= 11 is 0. The van der Waals surface area contributed by atoms with E-state index in [1.54, 1.807) is 29.7 Å². The van der Waals surface area contributed by atoms with Gasteiger partial charge in [0.1, 0.15) is 11.4 Å². The average Bonchev–Trinajstić information content (AvgIpc) is 3.01. The predicted molar refractivity (Wildman–Crippen MR) is 87.6 cm³/mol. The molecule has 1 aliphatic rings. The molecule has 0 radical (unpaired) electrons. The van der Waals surface area contributed by atoms with Crippen LogP contribution in [0, 0.1) is 0 Å². The third kappa shape index (κ3) is 2.64. The van der Waals surface area contributed by atoms with Crippen LogP contribution in [0.3, 0.4) is 0 Å². The molecule has 8 nitrogen and oxygen atoms in total. The smallest absolute Gasteiger partial charge is 0.242 e. The molecule has 0 saturated carbocycles. The van der Waals surface area contributed by atoms with Gasteiger partial charge in [0, 0.05) is 26.4 Å². The first-order valence-electron chi connectivity index (χ1n) is 6.81. The molecule has 1 aromatic carbocycles. The molecule has 2 N–H and O–H groups in total. The van der Waals surface area contributed by atoms with Crippen LogP contribution in [0.25, 0.3) is 6.08 Å². The van der Waals surface area contributed by atoms with Crippen LogP contribution in [0.5, 0.6) is 5.75 Å². The van der Waals surface area contributed by atoms with Crippen molar-refractivity contribution in [1.29, 1.82) is 0 Å². The molecule has 3 rings (SSSR count). The average molecular weight is 335 g/mol. The number of nitrogens with one attached hydrogen (secondary N) is 2. The minimum absolute atomic E-state index is 0.171. The number of hydrogen-bond donors (Lipinski definition) is 2. The van der Waals surface area contributed by atoms with Gasteiger partial charge in [0.25, 0.3) is 0 Å². The molecular weight excluding hydrogens is 318 g/mol. The zero-order valence-electron chi connectivity index (χ0n) is 12.9. The van der Waals surface area contributed by atoms with E-state index in [4.69, 9.17) is 4.74 Å². The summed E-state index contributed by atoms with van der Waals surface area (Å²) in [5.41, 5.74) is 4.66. The zero-order chi connectivity index (χ0) is 16.6. The molecule has 1 aliphatic heterocycles. The number of rotatable bonds is 4. The van der Waals surface area contributed by atoms with E-state index in [0.29, 0.717) is 17.3 Å². The van der Waals surface area contributed by atoms with Gasteiger partial charge in [0.2, 0.25) is 10.0 Å². The van der Waals surface area contributed by atoms with Crippen LogP contribution in [-0.2, 0) is 10.0 Å². The SMILES string of the molecule is COc1cc(S(=O)(=O)N(C)C)ccc1N1C=Cc2[nH]cnc2N1. The predicted octanol–water partition coefficient (Wildman–Crippen LogP) is 1.49. The maximum atomic E-state index is 12.2. The number of ether oxygens (including phenoxy) is 1. The van der Waals surface area contributed by atoms with Crippen molar-refractivity contribution in [3.63, 3.8) is 0 Å². The summed E-state index contributed by atoms with van der Waals surface area (Å²) in [5.74, 6) is 1.11. The number of fused-ring (bicyclic) bond motifs is 1. The van der Waals surface area contributed by atoms with Crippen molar-refractivity contribution >= 4 is 27.6 Å². The Labute approximate surface area is 134 Å². The number of hydrogen-bond acceptors (Lipinski definition) is 6. The van der Waals surface area contributed by atoms with Crippen molar-refractivity contribution in [1.82, 2.24) is 14.3 Å². The number of aromatic amines is 1. The van der Waals surface area contributed by atoms with Crippen LogP contribution in [-0.4, -0.2) is 43.9 Å². The first-order valence-corrected chi connectivity index (χ1v) is 8.25. The normalized spacial score (nSPS) is 13.8. The van der Waals surface area contributed by atoms with Gasteiger partial charge in [-0.2, -0.15) is 0 Å². The Kier molecular flexibility index (Phi) is 3.74. The highest BCUT2D eigenvalue weighted by Crippen LogP contribution is 2.33. The molecular formula is C14H17N5O3S. The van der Waals surface area contributed by atoms with Gasteiger partial charge in [-0.25, -0.2) is 17.7 Å². The van der Waals surface area contributed by atoms with Crippen LogP contribution in [0.1, 0.15) is 5.69 Å². The molecule has 122 valence electrons. The van der Waals surface area contributed by atoms with Crippen molar-refractivity contribution in [2.75, 3.05) is 31.6 Å². The summed E-state index contributed by atoms with van der Waals surface area (Å²) in [6.07, 6.45) is 5.26. The zero-order valence-corrected chi connectivity index (χ0v) is 13.8. The number of anilines is 2. The van der Waals surface area contributed by atoms with E-state index in [1.165, 1.54) is 27.3 Å². The van der Waals surface area contributed by atoms with Gasteiger partial charge < -0.3 is 9.72 Å². The highest BCUT2D eigenvalue weighted by atomic mass is 32.2. The largest absolute Gasteiger partial charge is 0.494 e. The van der Waals surface area contributed by atoms with Crippen LogP contribution in [0.2, 0.25) is 0 Å². The number of sulfonamides is 1. The third-order valence-corrected chi connectivity index (χ3v) is 5.29. The maximum Gasteiger partial charge on any atom is 0.242 e. The second-order valence-corrected chi connectivity index (χ2v) is 7.24. The standard InChI is InChI=1S/C14H17N5O3S/c1-18(2)23(20,21)10-4-5-12(13(8-10)22-3)19-7-6-11-14(17-19)16-9-15-11/h4-9,17H,1-3H3,(H,15,16). The first-order chi connectivity index (χ1) is 10.9. The molecule has 0 amide bonds. The van der Waals surface area contributed by atoms with Gasteiger partial charge in [0.15, 0.2) is 5.82 Å². The molecule has 0 spiro atoms. The molecule has 23 heavy (non-hydrogen) atoms. The lowest BCUT2D eigenvalue weighted by molar-refractivity contribution is 0.414. The van der Waals surface area contributed by atoms with E-state index in [9.17, 15) is 8.42 Å². The van der Waals surface area contributed by atoms with Crippen molar-refractivity contribution in [2.45, 2.75) is 4.90 Å². The van der Waals surface area contributed by atoms with Crippen LogP contribution in [0.15, 0.2) is 35.6 Å². The van der Waals surface area contributed by atoms with E-state index < -0.39 is 10.0 Å². The van der Waals surface area contributed by atoms with Crippen LogP contribution >= 0.6 is 0 Å². The molecule has 2 aromatic rings. The first kappa shape index (κ1) is 15.4. The van der Waals surface area contributed by atoms with Gasteiger partial charge in [-0.05, 0) is 18.2 Å². The Balaban J connectivity index is 1.99. The Morgan fingerprint density at radius 2 is 2.09 bits per heavy atom. The molecule has 0 saturated heterocycles. The maximum absolute atomic E-state index is 12.2. The van der Waals surface area contributed by atoms with Gasteiger partial charge in [-0.1, -0.05) is 0 Å². The van der Waals surface area contributed by atoms with Crippen molar-refractivity contribution in [3.05, 3.63) is 36.4 Å². The Morgan fingerprint density at radius 1 is 1.30 bits per heavy atom. The molecule has 0 atom stereocenters. The summed E-state index contributed by atoms with van der Waals surface area (Å²) in [5, 5.41) is 1.72. The fourth-order valence-corrected chi connectivity index (χ4v) is 3.11. The molecule has 2 heterocycles. The van der Waals surface area contributed by atoms with Crippen molar-refractivity contribution in [2.24, 2.45) is 0 Å². The van der Waals surface area contributed by atoms with E-state index in [2.05, 4.69) is 15.4 Å². The summed E-state index contributed by atoms with van der Waals surface area (Å²) < 4.78 is 31.0. The summed E-state index contributed by atoms with van der Waals surface area (Å²) in [4.78, 5) is 7.33. The number of H-pyrrole nitrogens is 1. The minimum atomic E-state index is -3.52. The minimum Gasteiger partial charge on any atom is -0.494 e. The lowest BCUT2D eigenvalue weighted by Gasteiger charge is -2.26. The van der Waals surface area contributed by atoms with Crippen molar-refractivity contribution in [3.8, 4) is 5.75 Å². The summed E-state index contributed by atoms with van der Waals surface area (Å²) in [6.45, 7) is 0. The molecule has 9 heteroatoms. The Hall–Kier alpha value is -2.52. The number of imidazole rings is 1. The van der Waals surface area contributed by atoms with Crippen LogP contribution < -0.4 is 15.2 Å². The number of methoxy groups -OCH3 is 1. The highest BCUT2D eigenvalue weighted by molar-refractivity contribution is 7.89. The molecule has 0 fully saturated rings. The summed E-state index contributed by atoms with van der Waals surface area (Å²) in [6, 6.07) is 4.73. The van der Waals surface area contributed by atoms with E-state index in [1.807, 2.05) is 6.08 Å². The summed E-state index contributed by atoms with van der Waals surface area (Å²) in [7, 11) is 0.961. The quantitative estimate of drug-likeness (QED) is 0.880.